The molecule has 8 aromatic rings. The second-order valence-electron chi connectivity index (χ2n) is 23.8. The molecule has 14 nitrogen and oxygen atoms in total. The maximum atomic E-state index is 14.8. The molecule has 0 spiro atoms. The number of methoxy groups -OCH3 is 3. The lowest BCUT2D eigenvalue weighted by molar-refractivity contribution is 0.121. The van der Waals surface area contributed by atoms with E-state index in [1.165, 1.54) is 0 Å². The average Bonchev–Trinajstić information content (AvgIpc) is 3.10. The Kier molecular flexibility index (Phi) is 21.2. The van der Waals surface area contributed by atoms with Crippen LogP contribution in [0.15, 0.2) is 104 Å². The largest absolute Gasteiger partial charge is 0.380 e. The molecule has 3 fully saturated rings. The summed E-state index contributed by atoms with van der Waals surface area (Å²) in [6, 6.07) is 16.5. The Balaban J connectivity index is 0.000000149. The summed E-state index contributed by atoms with van der Waals surface area (Å²) in [7, 11) is 12.8. The number of benzene rings is 4. The van der Waals surface area contributed by atoms with E-state index < -0.39 is 0 Å². The highest BCUT2D eigenvalue weighted by Gasteiger charge is 2.30. The summed E-state index contributed by atoms with van der Waals surface area (Å²) < 4.78 is 82.5. The van der Waals surface area contributed by atoms with E-state index in [4.69, 9.17) is 14.2 Å². The lowest BCUT2D eigenvalue weighted by Gasteiger charge is -2.25. The number of halogens is 4. The van der Waals surface area contributed by atoms with Crippen molar-refractivity contribution in [3.63, 3.8) is 0 Å². The van der Waals surface area contributed by atoms with Gasteiger partial charge in [-0.3, -0.25) is 4.68 Å². The van der Waals surface area contributed by atoms with Crippen LogP contribution in [-0.2, 0) is 42.4 Å². The second-order valence-corrected chi connectivity index (χ2v) is 23.8. The molecule has 7 heterocycles. The van der Waals surface area contributed by atoms with E-state index in [9.17, 15) is 17.6 Å². The van der Waals surface area contributed by atoms with Crippen molar-refractivity contribution in [1.29, 1.82) is 0 Å². The molecule has 3 saturated heterocycles. The fourth-order valence-electron chi connectivity index (χ4n) is 11.8. The van der Waals surface area contributed by atoms with Gasteiger partial charge in [-0.2, -0.15) is 5.10 Å². The van der Waals surface area contributed by atoms with Gasteiger partial charge in [-0.05, 0) is 84.9 Å². The first-order valence-corrected chi connectivity index (χ1v) is 29.7. The van der Waals surface area contributed by atoms with Crippen molar-refractivity contribution >= 4 is 17.1 Å². The molecule has 3 aliphatic rings. The predicted molar refractivity (Wildman–Crippen MR) is 334 cm³/mol. The van der Waals surface area contributed by atoms with Crippen LogP contribution in [0.5, 0.6) is 0 Å². The summed E-state index contributed by atoms with van der Waals surface area (Å²) >= 11 is 0. The fraction of sp³-hybridized carbons (Fsp3) is 0.463. The van der Waals surface area contributed by atoms with Crippen molar-refractivity contribution in [3.8, 4) is 45.3 Å². The molecule has 85 heavy (non-hydrogen) atoms. The fourth-order valence-corrected chi connectivity index (χ4v) is 11.8. The van der Waals surface area contributed by atoms with E-state index in [1.807, 2.05) is 134 Å². The van der Waals surface area contributed by atoms with Gasteiger partial charge < -0.3 is 42.6 Å². The second kappa shape index (κ2) is 28.3. The first kappa shape index (κ1) is 63.7. The normalized spacial score (nSPS) is 16.8. The van der Waals surface area contributed by atoms with Crippen LogP contribution in [0.2, 0.25) is 0 Å². The Morgan fingerprint density at radius 3 is 1.08 bits per heavy atom. The third-order valence-corrected chi connectivity index (χ3v) is 16.4. The van der Waals surface area contributed by atoms with Crippen molar-refractivity contribution < 1.29 is 31.8 Å². The number of imidazole rings is 3. The molecule has 0 N–H and O–H groups in total. The minimum atomic E-state index is -0.156. The van der Waals surface area contributed by atoms with Gasteiger partial charge in [-0.1, -0.05) is 73.6 Å². The van der Waals surface area contributed by atoms with Crippen molar-refractivity contribution in [2.75, 3.05) is 75.3 Å². The van der Waals surface area contributed by atoms with Gasteiger partial charge in [0.25, 0.3) is 0 Å². The summed E-state index contributed by atoms with van der Waals surface area (Å²) in [6.45, 7) is 21.3. The number of aromatic nitrogens is 8. The highest BCUT2D eigenvalue weighted by atomic mass is 19.1. The van der Waals surface area contributed by atoms with Crippen LogP contribution in [-0.4, -0.2) is 117 Å². The summed E-state index contributed by atoms with van der Waals surface area (Å²) in [6.07, 6.45) is 17.9. The Labute approximate surface area is 500 Å². The van der Waals surface area contributed by atoms with Crippen molar-refractivity contribution in [1.82, 2.24) is 38.4 Å². The van der Waals surface area contributed by atoms with Gasteiger partial charge in [0, 0.05) is 194 Å². The maximum absolute atomic E-state index is 14.8. The highest BCUT2D eigenvalue weighted by molar-refractivity contribution is 5.71. The molecule has 0 bridgehead atoms. The Morgan fingerprint density at radius 2 is 0.824 bits per heavy atom. The molecule has 4 aromatic heterocycles. The lowest BCUT2D eigenvalue weighted by atomic mass is 9.97. The van der Waals surface area contributed by atoms with Crippen LogP contribution in [0, 0.1) is 23.3 Å². The Hall–Kier alpha value is -7.28. The molecule has 0 amide bonds. The number of ether oxygens (including phenoxy) is 3. The molecule has 1 unspecified atom stereocenters. The molecule has 3 atom stereocenters. The van der Waals surface area contributed by atoms with E-state index in [0.29, 0.717) is 5.56 Å². The third-order valence-electron chi connectivity index (χ3n) is 16.4. The van der Waals surface area contributed by atoms with Gasteiger partial charge >= 0.3 is 0 Å². The molecular weight excluding hydrogens is 1080 g/mol. The molecule has 4 aromatic carbocycles. The standard InChI is InChI=1S/3C18H24FN3O.C13H15FN2/c3*1-12(2)17-15(19)9-13(18-20-6-8-21(18)3)10-16(17)22-7-5-14(11-22)23-4;1-9(2)11-5-4-6-12(13(11)14)10-7-15-16(3)8-10/h3*6,8-10,12,14H,5,7,11H2,1-4H3;4-9H,1-3H3/t2*14-;;/m10../s1. The van der Waals surface area contributed by atoms with Crippen LogP contribution in [0.3, 0.4) is 0 Å². The summed E-state index contributed by atoms with van der Waals surface area (Å²) in [4.78, 5) is 19.8. The van der Waals surface area contributed by atoms with Crippen molar-refractivity contribution in [2.24, 2.45) is 28.2 Å². The third kappa shape index (κ3) is 14.7. The number of hydrogen-bond donors (Lipinski definition) is 0. The first-order chi connectivity index (χ1) is 40.6. The average molecular weight is 1170 g/mol. The number of rotatable bonds is 14. The topological polar surface area (TPSA) is 109 Å². The number of hydrogen-bond acceptors (Lipinski definition) is 10. The molecular formula is C67H87F4N11O3. The zero-order chi connectivity index (χ0) is 61.4. The minimum absolute atomic E-state index is 0.127. The highest BCUT2D eigenvalue weighted by Crippen LogP contribution is 2.40. The smallest absolute Gasteiger partial charge is 0.139 e. The Morgan fingerprint density at radius 1 is 0.471 bits per heavy atom. The van der Waals surface area contributed by atoms with Crippen LogP contribution in [0.1, 0.15) is 121 Å². The Bertz CT molecular complexity index is 3210. The SMILES string of the molecule is CC(C)c1cccc(-c2cnn(C)c2)c1F.COC1CCN(c2cc(-c3nccn3C)cc(F)c2C(C)C)C1.CO[C@@H]1CCN(c2cc(-c3nccn3C)cc(F)c2C(C)C)C1.CO[C@H]1CCN(c2cc(-c3nccn3C)cc(F)c2C(C)C)C1. The zero-order valence-corrected chi connectivity index (χ0v) is 52.4. The number of aryl methyl sites for hydroxylation is 4. The van der Waals surface area contributed by atoms with E-state index in [2.05, 4.69) is 52.9 Å². The molecule has 3 aliphatic heterocycles. The van der Waals surface area contributed by atoms with Gasteiger partial charge in [-0.15, -0.1) is 0 Å². The number of anilines is 3. The number of nitrogens with zero attached hydrogens (tertiary/aromatic N) is 11. The summed E-state index contributed by atoms with van der Waals surface area (Å²) in [5, 5.41) is 4.06. The molecule has 0 radical (unpaired) electrons. The van der Waals surface area contributed by atoms with Gasteiger partial charge in [0.1, 0.15) is 40.7 Å². The lowest BCUT2D eigenvalue weighted by Crippen LogP contribution is -2.24. The van der Waals surface area contributed by atoms with E-state index in [1.54, 1.807) is 75.1 Å². The molecule has 0 saturated carbocycles. The first-order valence-electron chi connectivity index (χ1n) is 29.7. The van der Waals surface area contributed by atoms with Gasteiger partial charge in [0.05, 0.1) is 24.5 Å². The maximum Gasteiger partial charge on any atom is 0.139 e. The van der Waals surface area contributed by atoms with E-state index in [-0.39, 0.29) is 65.3 Å². The summed E-state index contributed by atoms with van der Waals surface area (Å²) in [5.41, 5.74) is 9.88. The van der Waals surface area contributed by atoms with Crippen LogP contribution in [0.4, 0.5) is 34.6 Å². The van der Waals surface area contributed by atoms with Gasteiger partial charge in [-0.25, -0.2) is 32.5 Å². The molecule has 0 aliphatic carbocycles. The van der Waals surface area contributed by atoms with Gasteiger partial charge in [0.15, 0.2) is 0 Å². The quantitative estimate of drug-likeness (QED) is 0.0977. The van der Waals surface area contributed by atoms with Crippen molar-refractivity contribution in [3.05, 3.63) is 150 Å². The minimum Gasteiger partial charge on any atom is -0.380 e. The van der Waals surface area contributed by atoms with Crippen molar-refractivity contribution in [2.45, 2.75) is 117 Å². The molecule has 456 valence electrons. The predicted octanol–water partition coefficient (Wildman–Crippen LogP) is 14.1. The van der Waals surface area contributed by atoms with E-state index in [0.717, 1.165) is 138 Å². The molecule has 18 heteroatoms. The summed E-state index contributed by atoms with van der Waals surface area (Å²) in [5.74, 6) is 2.31. The molecule has 11 rings (SSSR count). The van der Waals surface area contributed by atoms with E-state index >= 15 is 0 Å². The van der Waals surface area contributed by atoms with Crippen LogP contribution < -0.4 is 14.7 Å². The van der Waals surface area contributed by atoms with Crippen LogP contribution >= 0.6 is 0 Å². The van der Waals surface area contributed by atoms with Gasteiger partial charge in [0.2, 0.25) is 0 Å². The monoisotopic (exact) mass is 1170 g/mol. The zero-order valence-electron chi connectivity index (χ0n) is 52.4. The van der Waals surface area contributed by atoms with Crippen LogP contribution in [0.25, 0.3) is 45.3 Å².